The van der Waals surface area contributed by atoms with Crippen molar-refractivity contribution < 1.29 is 9.63 Å². The van der Waals surface area contributed by atoms with Crippen LogP contribution in [-0.2, 0) is 16.2 Å². The second-order valence-corrected chi connectivity index (χ2v) is 7.23. The van der Waals surface area contributed by atoms with Gasteiger partial charge in [-0.25, -0.2) is 5.06 Å². The highest BCUT2D eigenvalue weighted by molar-refractivity contribution is 6.30. The maximum Gasteiger partial charge on any atom is 0.249 e. The number of hydrogen-bond acceptors (Lipinski definition) is 3. The van der Waals surface area contributed by atoms with E-state index in [2.05, 4.69) is 29.2 Å². The van der Waals surface area contributed by atoms with Crippen LogP contribution in [0.25, 0.3) is 0 Å². The Balaban J connectivity index is 1.81. The SMILES string of the molecule is CON(C)C(=O)C1CCN(Cc2ccccc2)C[C@H]1c1ccc(Cl)cc1. The monoisotopic (exact) mass is 372 g/mol. The summed E-state index contributed by atoms with van der Waals surface area (Å²) in [4.78, 5) is 20.4. The molecule has 1 saturated heterocycles. The Bertz CT molecular complexity index is 721. The quantitative estimate of drug-likeness (QED) is 0.744. The second kappa shape index (κ2) is 8.67. The Morgan fingerprint density at radius 3 is 2.54 bits per heavy atom. The molecule has 2 aromatic rings. The summed E-state index contributed by atoms with van der Waals surface area (Å²) in [5.41, 5.74) is 2.44. The van der Waals surface area contributed by atoms with Gasteiger partial charge in [0.2, 0.25) is 5.91 Å². The fourth-order valence-corrected chi connectivity index (χ4v) is 3.80. The van der Waals surface area contributed by atoms with Crippen LogP contribution in [0, 0.1) is 5.92 Å². The number of piperidine rings is 1. The second-order valence-electron chi connectivity index (χ2n) is 6.79. The fraction of sp³-hybridized carbons (Fsp3) is 0.381. The number of hydrogen-bond donors (Lipinski definition) is 0. The first-order chi connectivity index (χ1) is 12.6. The predicted molar refractivity (Wildman–Crippen MR) is 104 cm³/mol. The van der Waals surface area contributed by atoms with Gasteiger partial charge in [-0.15, -0.1) is 0 Å². The van der Waals surface area contributed by atoms with Crippen LogP contribution in [0.15, 0.2) is 54.6 Å². The summed E-state index contributed by atoms with van der Waals surface area (Å²) in [5.74, 6) is 0.0646. The number of likely N-dealkylation sites (tertiary alicyclic amines) is 1. The van der Waals surface area contributed by atoms with Crippen molar-refractivity contribution in [2.24, 2.45) is 5.92 Å². The standard InChI is InChI=1S/C21H25ClN2O2/c1-23(26-2)21(25)19-12-13-24(14-16-6-4-3-5-7-16)15-20(19)17-8-10-18(22)11-9-17/h3-11,19-20H,12-15H2,1-2H3/t19?,20-/m0/s1. The summed E-state index contributed by atoms with van der Waals surface area (Å²) in [6.45, 7) is 2.63. The first kappa shape index (κ1) is 18.9. The fourth-order valence-electron chi connectivity index (χ4n) is 3.67. The molecule has 3 rings (SSSR count). The molecule has 26 heavy (non-hydrogen) atoms. The Morgan fingerprint density at radius 2 is 1.88 bits per heavy atom. The lowest BCUT2D eigenvalue weighted by Crippen LogP contribution is -2.45. The van der Waals surface area contributed by atoms with Crippen LogP contribution in [-0.4, -0.2) is 43.1 Å². The van der Waals surface area contributed by atoms with Crippen molar-refractivity contribution in [1.29, 1.82) is 0 Å². The molecular formula is C21H25ClN2O2. The van der Waals surface area contributed by atoms with Crippen molar-refractivity contribution in [1.82, 2.24) is 9.96 Å². The highest BCUT2D eigenvalue weighted by atomic mass is 35.5. The molecule has 0 saturated carbocycles. The van der Waals surface area contributed by atoms with E-state index in [4.69, 9.17) is 16.4 Å². The van der Waals surface area contributed by atoms with Crippen LogP contribution in [0.1, 0.15) is 23.5 Å². The van der Waals surface area contributed by atoms with Crippen molar-refractivity contribution >= 4 is 17.5 Å². The average molecular weight is 373 g/mol. The molecule has 0 N–H and O–H groups in total. The average Bonchev–Trinajstić information content (AvgIpc) is 2.68. The van der Waals surface area contributed by atoms with E-state index < -0.39 is 0 Å². The van der Waals surface area contributed by atoms with Crippen molar-refractivity contribution in [3.63, 3.8) is 0 Å². The van der Waals surface area contributed by atoms with E-state index >= 15 is 0 Å². The highest BCUT2D eigenvalue weighted by Gasteiger charge is 2.36. The van der Waals surface area contributed by atoms with Gasteiger partial charge in [0.15, 0.2) is 0 Å². The summed E-state index contributed by atoms with van der Waals surface area (Å²) < 4.78 is 0. The number of carbonyl (C=O) groups is 1. The normalized spacial score (nSPS) is 20.7. The Morgan fingerprint density at radius 1 is 1.19 bits per heavy atom. The van der Waals surface area contributed by atoms with Crippen LogP contribution >= 0.6 is 11.6 Å². The van der Waals surface area contributed by atoms with Crippen LogP contribution in [0.2, 0.25) is 5.02 Å². The van der Waals surface area contributed by atoms with E-state index in [1.807, 2.05) is 30.3 Å². The summed E-state index contributed by atoms with van der Waals surface area (Å²) in [6, 6.07) is 18.3. The molecule has 0 aromatic heterocycles. The Kier molecular flexibility index (Phi) is 6.30. The van der Waals surface area contributed by atoms with E-state index in [1.165, 1.54) is 17.7 Å². The van der Waals surface area contributed by atoms with E-state index in [0.717, 1.165) is 31.6 Å². The van der Waals surface area contributed by atoms with Gasteiger partial charge in [0.05, 0.1) is 7.11 Å². The molecule has 0 spiro atoms. The minimum atomic E-state index is -0.0897. The molecule has 1 unspecified atom stereocenters. The third kappa shape index (κ3) is 4.44. The van der Waals surface area contributed by atoms with Gasteiger partial charge in [0.1, 0.15) is 0 Å². The van der Waals surface area contributed by atoms with Gasteiger partial charge in [0.25, 0.3) is 0 Å². The number of halogens is 1. The van der Waals surface area contributed by atoms with E-state index in [-0.39, 0.29) is 17.7 Å². The minimum Gasteiger partial charge on any atom is -0.298 e. The molecule has 2 aromatic carbocycles. The molecule has 0 radical (unpaired) electrons. The molecule has 1 amide bonds. The molecule has 4 nitrogen and oxygen atoms in total. The van der Waals surface area contributed by atoms with Gasteiger partial charge in [0, 0.05) is 37.0 Å². The third-order valence-corrected chi connectivity index (χ3v) is 5.40. The largest absolute Gasteiger partial charge is 0.298 e. The van der Waals surface area contributed by atoms with E-state index in [1.54, 1.807) is 7.05 Å². The van der Waals surface area contributed by atoms with Gasteiger partial charge in [-0.3, -0.25) is 14.5 Å². The molecule has 1 fully saturated rings. The third-order valence-electron chi connectivity index (χ3n) is 5.15. The Labute approximate surface area is 160 Å². The summed E-state index contributed by atoms with van der Waals surface area (Å²) >= 11 is 6.05. The molecule has 1 aliphatic heterocycles. The lowest BCUT2D eigenvalue weighted by atomic mass is 9.80. The molecular weight excluding hydrogens is 348 g/mol. The van der Waals surface area contributed by atoms with Gasteiger partial charge in [-0.2, -0.15) is 0 Å². The zero-order chi connectivity index (χ0) is 18.5. The van der Waals surface area contributed by atoms with Gasteiger partial charge in [-0.1, -0.05) is 54.1 Å². The number of nitrogens with zero attached hydrogens (tertiary/aromatic N) is 2. The first-order valence-corrected chi connectivity index (χ1v) is 9.29. The lowest BCUT2D eigenvalue weighted by Gasteiger charge is -2.39. The number of benzene rings is 2. The van der Waals surface area contributed by atoms with Crippen LogP contribution in [0.4, 0.5) is 0 Å². The number of amides is 1. The maximum absolute atomic E-state index is 12.8. The number of carbonyl (C=O) groups excluding carboxylic acids is 1. The van der Waals surface area contributed by atoms with Crippen molar-refractivity contribution in [2.45, 2.75) is 18.9 Å². The van der Waals surface area contributed by atoms with Crippen LogP contribution < -0.4 is 0 Å². The highest BCUT2D eigenvalue weighted by Crippen LogP contribution is 2.35. The molecule has 2 atom stereocenters. The zero-order valence-electron chi connectivity index (χ0n) is 15.3. The van der Waals surface area contributed by atoms with Gasteiger partial charge < -0.3 is 0 Å². The van der Waals surface area contributed by atoms with Gasteiger partial charge >= 0.3 is 0 Å². The van der Waals surface area contributed by atoms with E-state index in [9.17, 15) is 4.79 Å². The zero-order valence-corrected chi connectivity index (χ0v) is 16.0. The Hall–Kier alpha value is -1.88. The first-order valence-electron chi connectivity index (χ1n) is 8.92. The smallest absolute Gasteiger partial charge is 0.249 e. The molecule has 138 valence electrons. The topological polar surface area (TPSA) is 32.8 Å². The van der Waals surface area contributed by atoms with Gasteiger partial charge in [-0.05, 0) is 36.2 Å². The molecule has 0 bridgehead atoms. The number of rotatable bonds is 5. The lowest BCUT2D eigenvalue weighted by molar-refractivity contribution is -0.175. The van der Waals surface area contributed by atoms with Crippen molar-refractivity contribution in [3.05, 3.63) is 70.7 Å². The van der Waals surface area contributed by atoms with Crippen molar-refractivity contribution in [3.8, 4) is 0 Å². The maximum atomic E-state index is 12.8. The molecule has 0 aliphatic carbocycles. The number of hydroxylamine groups is 2. The summed E-state index contributed by atoms with van der Waals surface area (Å²) in [5, 5.41) is 2.06. The molecule has 1 aliphatic rings. The van der Waals surface area contributed by atoms with E-state index in [0.29, 0.717) is 5.02 Å². The summed E-state index contributed by atoms with van der Waals surface area (Å²) in [7, 11) is 3.21. The summed E-state index contributed by atoms with van der Waals surface area (Å²) in [6.07, 6.45) is 0.812. The molecule has 1 heterocycles. The minimum absolute atomic E-state index is 0.0341. The van der Waals surface area contributed by atoms with Crippen molar-refractivity contribution in [2.75, 3.05) is 27.2 Å². The van der Waals surface area contributed by atoms with Crippen LogP contribution in [0.5, 0.6) is 0 Å². The van der Waals surface area contributed by atoms with Crippen LogP contribution in [0.3, 0.4) is 0 Å². The predicted octanol–water partition coefficient (Wildman–Crippen LogP) is 3.97. The molecule has 5 heteroatoms.